The van der Waals surface area contributed by atoms with Gasteiger partial charge in [-0.25, -0.2) is 0 Å². The Morgan fingerprint density at radius 3 is 2.61 bits per heavy atom. The summed E-state index contributed by atoms with van der Waals surface area (Å²) in [5.41, 5.74) is 0.110. The molecule has 0 unspecified atom stereocenters. The molecule has 0 fully saturated rings. The zero-order valence-corrected chi connectivity index (χ0v) is 9.60. The first-order valence-electron chi connectivity index (χ1n) is 4.68. The molecule has 0 aromatic heterocycles. The third-order valence-electron chi connectivity index (χ3n) is 1.89. The molecule has 0 atom stereocenters. The minimum Gasteiger partial charge on any atom is -0.343 e. The van der Waals surface area contributed by atoms with Crippen molar-refractivity contribution >= 4 is 29.6 Å². The lowest BCUT2D eigenvalue weighted by molar-refractivity contribution is -0.123. The minimum atomic E-state index is -4.50. The fraction of sp³-hybridized carbons (Fsp3) is 0.200. The molecule has 0 aliphatic carbocycles. The van der Waals surface area contributed by atoms with Crippen LogP contribution in [0.1, 0.15) is 10.4 Å². The summed E-state index contributed by atoms with van der Waals surface area (Å²) in [7, 11) is 0. The van der Waals surface area contributed by atoms with E-state index >= 15 is 0 Å². The van der Waals surface area contributed by atoms with E-state index in [4.69, 9.17) is 11.6 Å². The molecule has 1 rings (SSSR count). The normalized spacial score (nSPS) is 10.9. The van der Waals surface area contributed by atoms with Crippen molar-refractivity contribution in [2.45, 2.75) is 6.18 Å². The highest BCUT2D eigenvalue weighted by Gasteiger charge is 2.28. The van der Waals surface area contributed by atoms with Crippen LogP contribution in [0.3, 0.4) is 0 Å². The fourth-order valence-corrected chi connectivity index (χ4v) is 1.34. The second-order valence-corrected chi connectivity index (χ2v) is 3.66. The molecular weight excluding hydrogens is 273 g/mol. The lowest BCUT2D eigenvalue weighted by Crippen LogP contribution is -2.33. The van der Waals surface area contributed by atoms with Crippen molar-refractivity contribution in [1.29, 1.82) is 0 Å². The number of nitrogens with one attached hydrogen (secondary N) is 2. The standard InChI is InChI=1S/C10H8ClF3N2O2/c11-8-2-1-6(16-5-17)3-7(8)9(18)15-4-10(12,13)14/h1-3,5H,4H2,(H,15,18)(H,16,17). The summed E-state index contributed by atoms with van der Waals surface area (Å²) in [5.74, 6) is -0.966. The van der Waals surface area contributed by atoms with Crippen LogP contribution in [-0.4, -0.2) is 25.0 Å². The van der Waals surface area contributed by atoms with E-state index in [9.17, 15) is 22.8 Å². The Balaban J connectivity index is 2.84. The number of alkyl halides is 3. The molecule has 0 saturated carbocycles. The molecule has 18 heavy (non-hydrogen) atoms. The van der Waals surface area contributed by atoms with Crippen LogP contribution in [0.4, 0.5) is 18.9 Å². The van der Waals surface area contributed by atoms with Crippen LogP contribution >= 0.6 is 11.6 Å². The second kappa shape index (κ2) is 5.72. The van der Waals surface area contributed by atoms with Gasteiger partial charge in [0.15, 0.2) is 0 Å². The Bertz CT molecular complexity index is 463. The predicted octanol–water partition coefficient (Wildman–Crippen LogP) is 2.20. The van der Waals surface area contributed by atoms with Crippen molar-refractivity contribution < 1.29 is 22.8 Å². The molecule has 0 spiro atoms. The van der Waals surface area contributed by atoms with Crippen molar-refractivity contribution in [2.24, 2.45) is 0 Å². The number of anilines is 1. The lowest BCUT2D eigenvalue weighted by atomic mass is 10.2. The van der Waals surface area contributed by atoms with Crippen LogP contribution in [0.5, 0.6) is 0 Å². The Hall–Kier alpha value is -1.76. The maximum absolute atomic E-state index is 11.9. The molecule has 4 nitrogen and oxygen atoms in total. The number of carbonyl (C=O) groups excluding carboxylic acids is 2. The number of hydrogen-bond donors (Lipinski definition) is 2. The summed E-state index contributed by atoms with van der Waals surface area (Å²) in [4.78, 5) is 21.7. The summed E-state index contributed by atoms with van der Waals surface area (Å²) >= 11 is 5.68. The molecule has 98 valence electrons. The van der Waals surface area contributed by atoms with Gasteiger partial charge in [-0.1, -0.05) is 11.6 Å². The molecule has 0 radical (unpaired) electrons. The monoisotopic (exact) mass is 280 g/mol. The van der Waals surface area contributed by atoms with Crippen molar-refractivity contribution in [3.05, 3.63) is 28.8 Å². The largest absolute Gasteiger partial charge is 0.405 e. The van der Waals surface area contributed by atoms with Crippen LogP contribution in [0.2, 0.25) is 5.02 Å². The van der Waals surface area contributed by atoms with E-state index in [1.54, 1.807) is 5.32 Å². The zero-order chi connectivity index (χ0) is 13.8. The quantitative estimate of drug-likeness (QED) is 0.831. The van der Waals surface area contributed by atoms with Gasteiger partial charge in [0, 0.05) is 5.69 Å². The molecule has 1 aromatic rings. The lowest BCUT2D eigenvalue weighted by Gasteiger charge is -2.10. The highest BCUT2D eigenvalue weighted by molar-refractivity contribution is 6.34. The highest BCUT2D eigenvalue weighted by atomic mass is 35.5. The molecule has 8 heteroatoms. The van der Waals surface area contributed by atoms with Crippen LogP contribution in [0.25, 0.3) is 0 Å². The number of benzene rings is 1. The SMILES string of the molecule is O=CNc1ccc(Cl)c(C(=O)NCC(F)(F)F)c1. The predicted molar refractivity (Wildman–Crippen MR) is 59.5 cm³/mol. The number of halogens is 4. The summed E-state index contributed by atoms with van der Waals surface area (Å²) in [6, 6.07) is 3.90. The number of carbonyl (C=O) groups is 2. The van der Waals surface area contributed by atoms with Gasteiger partial charge in [0.1, 0.15) is 6.54 Å². The Morgan fingerprint density at radius 2 is 2.06 bits per heavy atom. The number of rotatable bonds is 4. The molecule has 2 N–H and O–H groups in total. The first kappa shape index (κ1) is 14.3. The van der Waals surface area contributed by atoms with Gasteiger partial charge in [0.25, 0.3) is 5.91 Å². The van der Waals surface area contributed by atoms with E-state index in [2.05, 4.69) is 5.32 Å². The molecule has 0 bridgehead atoms. The van der Waals surface area contributed by atoms with Crippen molar-refractivity contribution in [1.82, 2.24) is 5.32 Å². The number of hydrogen-bond acceptors (Lipinski definition) is 2. The maximum atomic E-state index is 11.9. The average molecular weight is 281 g/mol. The first-order chi connectivity index (χ1) is 8.33. The molecule has 2 amide bonds. The third-order valence-corrected chi connectivity index (χ3v) is 2.22. The van der Waals surface area contributed by atoms with E-state index < -0.39 is 18.6 Å². The van der Waals surface area contributed by atoms with E-state index in [0.717, 1.165) is 0 Å². The van der Waals surface area contributed by atoms with Gasteiger partial charge in [-0.2, -0.15) is 13.2 Å². The van der Waals surface area contributed by atoms with Crippen LogP contribution in [-0.2, 0) is 4.79 Å². The van der Waals surface area contributed by atoms with Crippen molar-refractivity contribution in [3.63, 3.8) is 0 Å². The van der Waals surface area contributed by atoms with Gasteiger partial charge >= 0.3 is 6.18 Å². The third kappa shape index (κ3) is 4.25. The summed E-state index contributed by atoms with van der Waals surface area (Å²) < 4.78 is 35.8. The van der Waals surface area contributed by atoms with E-state index in [-0.39, 0.29) is 16.3 Å². The maximum Gasteiger partial charge on any atom is 0.405 e. The topological polar surface area (TPSA) is 58.2 Å². The smallest absolute Gasteiger partial charge is 0.343 e. The molecule has 0 aliphatic heterocycles. The van der Waals surface area contributed by atoms with Crippen LogP contribution in [0.15, 0.2) is 18.2 Å². The van der Waals surface area contributed by atoms with Gasteiger partial charge in [0.05, 0.1) is 10.6 Å². The molecule has 0 heterocycles. The Kier molecular flexibility index (Phi) is 4.55. The molecule has 0 aliphatic rings. The fourth-order valence-electron chi connectivity index (χ4n) is 1.13. The summed E-state index contributed by atoms with van der Waals surface area (Å²) in [5, 5.41) is 3.94. The minimum absolute atomic E-state index is 0.00822. The number of amides is 2. The van der Waals surface area contributed by atoms with Gasteiger partial charge in [-0.05, 0) is 18.2 Å². The summed E-state index contributed by atoms with van der Waals surface area (Å²) in [6.45, 7) is -1.45. The van der Waals surface area contributed by atoms with E-state index in [1.165, 1.54) is 18.2 Å². The van der Waals surface area contributed by atoms with Crippen LogP contribution < -0.4 is 10.6 Å². The average Bonchev–Trinajstić information content (AvgIpc) is 2.28. The van der Waals surface area contributed by atoms with Crippen molar-refractivity contribution in [2.75, 3.05) is 11.9 Å². The second-order valence-electron chi connectivity index (χ2n) is 3.25. The summed E-state index contributed by atoms with van der Waals surface area (Å²) in [6.07, 6.45) is -4.12. The Labute approximate surface area is 105 Å². The van der Waals surface area contributed by atoms with E-state index in [1.807, 2.05) is 0 Å². The molecule has 1 aromatic carbocycles. The van der Waals surface area contributed by atoms with Gasteiger partial charge in [-0.3, -0.25) is 9.59 Å². The molecule has 0 saturated heterocycles. The molecular formula is C10H8ClF3N2O2. The van der Waals surface area contributed by atoms with Crippen LogP contribution in [0, 0.1) is 0 Å². The van der Waals surface area contributed by atoms with Gasteiger partial charge in [0.2, 0.25) is 6.41 Å². The van der Waals surface area contributed by atoms with Gasteiger partial charge < -0.3 is 10.6 Å². The zero-order valence-electron chi connectivity index (χ0n) is 8.84. The van der Waals surface area contributed by atoms with Gasteiger partial charge in [-0.15, -0.1) is 0 Å². The first-order valence-corrected chi connectivity index (χ1v) is 5.06. The Morgan fingerprint density at radius 1 is 1.39 bits per heavy atom. The van der Waals surface area contributed by atoms with E-state index in [0.29, 0.717) is 6.41 Å². The highest BCUT2D eigenvalue weighted by Crippen LogP contribution is 2.21. The van der Waals surface area contributed by atoms with Crippen molar-refractivity contribution in [3.8, 4) is 0 Å².